The molecule has 0 atom stereocenters. The molecule has 0 spiro atoms. The van der Waals surface area contributed by atoms with Crippen LogP contribution in [-0.4, -0.2) is 36.1 Å². The summed E-state index contributed by atoms with van der Waals surface area (Å²) in [4.78, 5) is 25.7. The van der Waals surface area contributed by atoms with E-state index >= 15 is 0 Å². The molecule has 0 aliphatic carbocycles. The standard InChI is InChI=1S/C13H16N2O2S/c1-9(16)15-7-10(8-15)13(17)14-11-4-3-5-12(6-11)18-2/h3-6,10H,7-8H2,1-2H3,(H,14,17). The zero-order chi connectivity index (χ0) is 13.1. The molecule has 1 N–H and O–H groups in total. The molecule has 0 radical (unpaired) electrons. The fourth-order valence-corrected chi connectivity index (χ4v) is 2.31. The molecule has 1 fully saturated rings. The summed E-state index contributed by atoms with van der Waals surface area (Å²) >= 11 is 1.64. The van der Waals surface area contributed by atoms with Crippen molar-refractivity contribution in [3.05, 3.63) is 24.3 Å². The first kappa shape index (κ1) is 13.0. The summed E-state index contributed by atoms with van der Waals surface area (Å²) in [5.74, 6) is -0.0546. The zero-order valence-electron chi connectivity index (χ0n) is 10.5. The molecule has 1 aromatic carbocycles. The van der Waals surface area contributed by atoms with Crippen molar-refractivity contribution in [1.29, 1.82) is 0 Å². The molecule has 5 heteroatoms. The van der Waals surface area contributed by atoms with Gasteiger partial charge in [-0.05, 0) is 24.5 Å². The van der Waals surface area contributed by atoms with E-state index in [4.69, 9.17) is 0 Å². The first-order valence-electron chi connectivity index (χ1n) is 5.80. The highest BCUT2D eigenvalue weighted by Crippen LogP contribution is 2.21. The van der Waals surface area contributed by atoms with Gasteiger partial charge in [0.05, 0.1) is 5.92 Å². The molecule has 18 heavy (non-hydrogen) atoms. The number of amides is 2. The minimum Gasteiger partial charge on any atom is -0.341 e. The molecule has 1 saturated heterocycles. The molecule has 0 aromatic heterocycles. The normalized spacial score (nSPS) is 15.1. The van der Waals surface area contributed by atoms with Gasteiger partial charge in [-0.15, -0.1) is 11.8 Å². The number of hydrogen-bond acceptors (Lipinski definition) is 3. The van der Waals surface area contributed by atoms with E-state index in [0.717, 1.165) is 10.6 Å². The predicted octanol–water partition coefficient (Wildman–Crippen LogP) is 1.83. The molecule has 1 aromatic rings. The van der Waals surface area contributed by atoms with Crippen molar-refractivity contribution in [3.8, 4) is 0 Å². The Morgan fingerprint density at radius 1 is 1.39 bits per heavy atom. The molecule has 0 unspecified atom stereocenters. The van der Waals surface area contributed by atoms with Crippen LogP contribution in [0.1, 0.15) is 6.92 Å². The Morgan fingerprint density at radius 3 is 2.72 bits per heavy atom. The van der Waals surface area contributed by atoms with E-state index in [2.05, 4.69) is 5.32 Å². The van der Waals surface area contributed by atoms with Crippen LogP contribution in [0.4, 0.5) is 5.69 Å². The predicted molar refractivity (Wildman–Crippen MR) is 72.6 cm³/mol. The van der Waals surface area contributed by atoms with Crippen LogP contribution < -0.4 is 5.32 Å². The zero-order valence-corrected chi connectivity index (χ0v) is 11.3. The second-order valence-corrected chi connectivity index (χ2v) is 5.22. The van der Waals surface area contributed by atoms with Crippen LogP contribution in [0.25, 0.3) is 0 Å². The first-order valence-corrected chi connectivity index (χ1v) is 7.03. The molecule has 2 rings (SSSR count). The van der Waals surface area contributed by atoms with E-state index in [9.17, 15) is 9.59 Å². The van der Waals surface area contributed by atoms with Crippen molar-refractivity contribution in [1.82, 2.24) is 4.90 Å². The van der Waals surface area contributed by atoms with Gasteiger partial charge >= 0.3 is 0 Å². The maximum Gasteiger partial charge on any atom is 0.231 e. The Hall–Kier alpha value is -1.49. The number of hydrogen-bond donors (Lipinski definition) is 1. The molecular formula is C13H16N2O2S. The Balaban J connectivity index is 1.90. The Kier molecular flexibility index (Phi) is 3.91. The van der Waals surface area contributed by atoms with Crippen molar-refractivity contribution >= 4 is 29.3 Å². The van der Waals surface area contributed by atoms with Crippen molar-refractivity contribution in [3.63, 3.8) is 0 Å². The average molecular weight is 264 g/mol. The Bertz CT molecular complexity index is 470. The van der Waals surface area contributed by atoms with Gasteiger partial charge in [0.25, 0.3) is 0 Å². The van der Waals surface area contributed by atoms with Crippen molar-refractivity contribution in [2.75, 3.05) is 24.7 Å². The SMILES string of the molecule is CSc1cccc(NC(=O)C2CN(C(C)=O)C2)c1. The number of benzene rings is 1. The van der Waals surface area contributed by atoms with Crippen LogP contribution in [0.5, 0.6) is 0 Å². The lowest BCUT2D eigenvalue weighted by Crippen LogP contribution is -2.53. The number of likely N-dealkylation sites (tertiary alicyclic amines) is 1. The van der Waals surface area contributed by atoms with Crippen molar-refractivity contribution in [2.45, 2.75) is 11.8 Å². The molecule has 96 valence electrons. The maximum atomic E-state index is 11.9. The van der Waals surface area contributed by atoms with Crippen LogP contribution in [0.3, 0.4) is 0 Å². The third-order valence-corrected chi connectivity index (χ3v) is 3.76. The third-order valence-electron chi connectivity index (χ3n) is 3.03. The van der Waals surface area contributed by atoms with Gasteiger partial charge in [0.15, 0.2) is 0 Å². The Morgan fingerprint density at radius 2 is 2.11 bits per heavy atom. The highest BCUT2D eigenvalue weighted by Gasteiger charge is 2.33. The van der Waals surface area contributed by atoms with Gasteiger partial charge in [-0.1, -0.05) is 6.07 Å². The molecule has 1 aliphatic rings. The molecule has 1 heterocycles. The number of thioether (sulfide) groups is 1. The van der Waals surface area contributed by atoms with Crippen LogP contribution in [0, 0.1) is 5.92 Å². The van der Waals surface area contributed by atoms with Gasteiger partial charge in [-0.25, -0.2) is 0 Å². The van der Waals surface area contributed by atoms with E-state index in [1.807, 2.05) is 30.5 Å². The lowest BCUT2D eigenvalue weighted by Gasteiger charge is -2.37. The summed E-state index contributed by atoms with van der Waals surface area (Å²) in [5, 5.41) is 2.89. The first-order chi connectivity index (χ1) is 8.60. The summed E-state index contributed by atoms with van der Waals surface area (Å²) in [7, 11) is 0. The number of nitrogens with zero attached hydrogens (tertiary/aromatic N) is 1. The summed E-state index contributed by atoms with van der Waals surface area (Å²) in [6.45, 7) is 2.59. The number of rotatable bonds is 3. The van der Waals surface area contributed by atoms with Crippen LogP contribution >= 0.6 is 11.8 Å². The molecule has 1 aliphatic heterocycles. The fraction of sp³-hybridized carbons (Fsp3) is 0.385. The maximum absolute atomic E-state index is 11.9. The molecule has 4 nitrogen and oxygen atoms in total. The van der Waals surface area contributed by atoms with E-state index in [-0.39, 0.29) is 17.7 Å². The van der Waals surface area contributed by atoms with Crippen molar-refractivity contribution < 1.29 is 9.59 Å². The monoisotopic (exact) mass is 264 g/mol. The summed E-state index contributed by atoms with van der Waals surface area (Å²) < 4.78 is 0. The van der Waals surface area contributed by atoms with Gasteiger partial charge in [-0.2, -0.15) is 0 Å². The van der Waals surface area contributed by atoms with Gasteiger partial charge < -0.3 is 10.2 Å². The van der Waals surface area contributed by atoms with Gasteiger partial charge in [-0.3, -0.25) is 9.59 Å². The summed E-state index contributed by atoms with van der Waals surface area (Å²) in [6, 6.07) is 7.74. The van der Waals surface area contributed by atoms with E-state index < -0.39 is 0 Å². The largest absolute Gasteiger partial charge is 0.341 e. The average Bonchev–Trinajstić information content (AvgIpc) is 2.26. The quantitative estimate of drug-likeness (QED) is 0.847. The topological polar surface area (TPSA) is 49.4 Å². The summed E-state index contributed by atoms with van der Waals surface area (Å²) in [5.41, 5.74) is 0.813. The summed E-state index contributed by atoms with van der Waals surface area (Å²) in [6.07, 6.45) is 2.00. The number of nitrogens with one attached hydrogen (secondary N) is 1. The minimum atomic E-state index is -0.0770. The van der Waals surface area contributed by atoms with Crippen LogP contribution in [0.2, 0.25) is 0 Å². The van der Waals surface area contributed by atoms with Crippen LogP contribution in [0.15, 0.2) is 29.2 Å². The molecule has 0 bridgehead atoms. The number of carbonyl (C=O) groups excluding carboxylic acids is 2. The van der Waals surface area contributed by atoms with Crippen molar-refractivity contribution in [2.24, 2.45) is 5.92 Å². The van der Waals surface area contributed by atoms with E-state index in [0.29, 0.717) is 13.1 Å². The Labute approximate surface area is 111 Å². The van der Waals surface area contributed by atoms with E-state index in [1.165, 1.54) is 6.92 Å². The highest BCUT2D eigenvalue weighted by atomic mass is 32.2. The molecule has 2 amide bonds. The lowest BCUT2D eigenvalue weighted by molar-refractivity contribution is -0.139. The minimum absolute atomic E-state index is 0.00856. The second kappa shape index (κ2) is 5.44. The highest BCUT2D eigenvalue weighted by molar-refractivity contribution is 7.98. The lowest BCUT2D eigenvalue weighted by atomic mass is 9.99. The van der Waals surface area contributed by atoms with Crippen LogP contribution in [-0.2, 0) is 9.59 Å². The molecular weight excluding hydrogens is 248 g/mol. The molecule has 0 saturated carbocycles. The van der Waals surface area contributed by atoms with Gasteiger partial charge in [0.2, 0.25) is 11.8 Å². The fourth-order valence-electron chi connectivity index (χ4n) is 1.85. The number of carbonyl (C=O) groups is 2. The third kappa shape index (κ3) is 2.85. The van der Waals surface area contributed by atoms with Gasteiger partial charge in [0, 0.05) is 30.6 Å². The second-order valence-electron chi connectivity index (χ2n) is 4.34. The smallest absolute Gasteiger partial charge is 0.231 e. The van der Waals surface area contributed by atoms with E-state index in [1.54, 1.807) is 16.7 Å². The van der Waals surface area contributed by atoms with Gasteiger partial charge in [0.1, 0.15) is 0 Å². The number of anilines is 1.